The van der Waals surface area contributed by atoms with E-state index in [0.29, 0.717) is 11.4 Å². The van der Waals surface area contributed by atoms with E-state index in [2.05, 4.69) is 0 Å². The van der Waals surface area contributed by atoms with Crippen molar-refractivity contribution in [2.24, 2.45) is 5.73 Å². The number of carbonyl (C=O) groups excluding carboxylic acids is 2. The van der Waals surface area contributed by atoms with Crippen LogP contribution in [0, 0.1) is 13.8 Å². The molecule has 0 aliphatic rings. The second-order valence-electron chi connectivity index (χ2n) is 3.68. The van der Waals surface area contributed by atoms with Crippen molar-refractivity contribution >= 4 is 17.6 Å². The minimum atomic E-state index is -0.899. The lowest BCUT2D eigenvalue weighted by Crippen LogP contribution is -2.38. The van der Waals surface area contributed by atoms with Gasteiger partial charge in [0.1, 0.15) is 5.75 Å². The largest absolute Gasteiger partial charge is 0.483 e. The first-order chi connectivity index (χ1) is 7.90. The van der Waals surface area contributed by atoms with Gasteiger partial charge >= 0.3 is 6.03 Å². The summed E-state index contributed by atoms with van der Waals surface area (Å²) in [5.41, 5.74) is 12.9. The molecule has 92 valence electrons. The number of hydrogen-bond acceptors (Lipinski definition) is 4. The molecule has 0 atom stereocenters. The molecule has 6 nitrogen and oxygen atoms in total. The highest BCUT2D eigenvalue weighted by Gasteiger charge is 2.08. The summed E-state index contributed by atoms with van der Waals surface area (Å²) in [6.07, 6.45) is 0. The molecule has 3 amide bonds. The van der Waals surface area contributed by atoms with Crippen molar-refractivity contribution in [2.75, 3.05) is 12.3 Å². The summed E-state index contributed by atoms with van der Waals surface area (Å²) in [6.45, 7) is 3.38. The van der Waals surface area contributed by atoms with Crippen LogP contribution in [0.15, 0.2) is 12.1 Å². The van der Waals surface area contributed by atoms with E-state index in [1.165, 1.54) is 0 Å². The minimum Gasteiger partial charge on any atom is -0.483 e. The lowest BCUT2D eigenvalue weighted by molar-refractivity contribution is -0.121. The van der Waals surface area contributed by atoms with Gasteiger partial charge in [-0.1, -0.05) is 0 Å². The van der Waals surface area contributed by atoms with Gasteiger partial charge in [0.15, 0.2) is 6.61 Å². The van der Waals surface area contributed by atoms with E-state index >= 15 is 0 Å². The molecule has 6 heteroatoms. The molecule has 0 aliphatic carbocycles. The number of rotatable bonds is 3. The number of hydrogen-bond donors (Lipinski definition) is 3. The molecule has 0 aliphatic heterocycles. The normalized spacial score (nSPS) is 9.76. The number of primary amides is 1. The van der Waals surface area contributed by atoms with Gasteiger partial charge in [-0.15, -0.1) is 0 Å². The van der Waals surface area contributed by atoms with Crippen molar-refractivity contribution in [2.45, 2.75) is 13.8 Å². The topological polar surface area (TPSA) is 107 Å². The van der Waals surface area contributed by atoms with Crippen LogP contribution in [0.1, 0.15) is 11.1 Å². The third kappa shape index (κ3) is 3.67. The maximum Gasteiger partial charge on any atom is 0.318 e. The molecule has 0 saturated carbocycles. The van der Waals surface area contributed by atoms with Gasteiger partial charge in [0, 0.05) is 5.69 Å². The monoisotopic (exact) mass is 237 g/mol. The van der Waals surface area contributed by atoms with Crippen LogP contribution in [-0.4, -0.2) is 18.5 Å². The molecule has 1 rings (SSSR count). The maximum absolute atomic E-state index is 11.1. The Labute approximate surface area is 98.9 Å². The fraction of sp³-hybridized carbons (Fsp3) is 0.273. The number of nitrogens with two attached hydrogens (primary N) is 2. The van der Waals surface area contributed by atoms with Gasteiger partial charge in [-0.25, -0.2) is 4.79 Å². The number of ether oxygens (including phenoxy) is 1. The van der Waals surface area contributed by atoms with Crippen LogP contribution in [0.5, 0.6) is 5.75 Å². The number of nitrogen functional groups attached to an aromatic ring is 1. The third-order valence-electron chi connectivity index (χ3n) is 2.18. The molecule has 1 aromatic rings. The number of imide groups is 1. The molecule has 0 spiro atoms. The van der Waals surface area contributed by atoms with Crippen LogP contribution < -0.4 is 21.5 Å². The molecule has 0 heterocycles. The molecule has 0 bridgehead atoms. The molecule has 0 fully saturated rings. The second kappa shape index (κ2) is 5.20. The zero-order chi connectivity index (χ0) is 13.0. The van der Waals surface area contributed by atoms with E-state index in [4.69, 9.17) is 16.2 Å². The Kier molecular flexibility index (Phi) is 3.92. The van der Waals surface area contributed by atoms with Crippen LogP contribution in [0.2, 0.25) is 0 Å². The third-order valence-corrected chi connectivity index (χ3v) is 2.18. The van der Waals surface area contributed by atoms with Crippen LogP contribution in [-0.2, 0) is 4.79 Å². The Bertz CT molecular complexity index is 458. The zero-order valence-corrected chi connectivity index (χ0v) is 9.74. The first-order valence-electron chi connectivity index (χ1n) is 4.99. The summed E-state index contributed by atoms with van der Waals surface area (Å²) >= 11 is 0. The van der Waals surface area contributed by atoms with Crippen molar-refractivity contribution in [1.82, 2.24) is 5.32 Å². The highest BCUT2D eigenvalue weighted by Crippen LogP contribution is 2.23. The summed E-state index contributed by atoms with van der Waals surface area (Å²) in [7, 11) is 0. The molecule has 0 saturated heterocycles. The molecule has 17 heavy (non-hydrogen) atoms. The average molecular weight is 237 g/mol. The summed E-state index contributed by atoms with van der Waals surface area (Å²) in [6, 6.07) is 2.60. The molecular formula is C11H15N3O3. The fourth-order valence-corrected chi connectivity index (χ4v) is 1.28. The first-order valence-corrected chi connectivity index (χ1v) is 4.99. The van der Waals surface area contributed by atoms with Gasteiger partial charge in [0.25, 0.3) is 5.91 Å². The first kappa shape index (κ1) is 12.8. The smallest absolute Gasteiger partial charge is 0.318 e. The Morgan fingerprint density at radius 1 is 1.29 bits per heavy atom. The lowest BCUT2D eigenvalue weighted by atomic mass is 10.1. The molecule has 1 aromatic carbocycles. The second-order valence-corrected chi connectivity index (χ2v) is 3.68. The van der Waals surface area contributed by atoms with Crippen LogP contribution in [0.3, 0.4) is 0 Å². The Morgan fingerprint density at radius 3 is 2.53 bits per heavy atom. The van der Waals surface area contributed by atoms with Crippen molar-refractivity contribution < 1.29 is 14.3 Å². The predicted molar refractivity (Wildman–Crippen MR) is 63.5 cm³/mol. The Morgan fingerprint density at radius 2 is 1.94 bits per heavy atom. The maximum atomic E-state index is 11.1. The van der Waals surface area contributed by atoms with E-state index in [9.17, 15) is 9.59 Å². The highest BCUT2D eigenvalue weighted by molar-refractivity contribution is 5.94. The molecule has 0 radical (unpaired) electrons. The Hall–Kier alpha value is -2.24. The van der Waals surface area contributed by atoms with Gasteiger partial charge in [-0.05, 0) is 37.1 Å². The van der Waals surface area contributed by atoms with Crippen LogP contribution >= 0.6 is 0 Å². The van der Waals surface area contributed by atoms with Crippen molar-refractivity contribution in [1.29, 1.82) is 0 Å². The van der Waals surface area contributed by atoms with E-state index in [1.54, 1.807) is 12.1 Å². The quantitative estimate of drug-likeness (QED) is 0.663. The van der Waals surface area contributed by atoms with Gasteiger partial charge in [0.05, 0.1) is 0 Å². The molecule has 0 aromatic heterocycles. The van der Waals surface area contributed by atoms with Crippen molar-refractivity contribution in [3.8, 4) is 5.75 Å². The minimum absolute atomic E-state index is 0.271. The summed E-state index contributed by atoms with van der Waals surface area (Å²) in [4.78, 5) is 21.5. The molecule has 5 N–H and O–H groups in total. The number of benzene rings is 1. The van der Waals surface area contributed by atoms with Gasteiger partial charge in [0.2, 0.25) is 0 Å². The average Bonchev–Trinajstić information content (AvgIpc) is 2.20. The van der Waals surface area contributed by atoms with Crippen LogP contribution in [0.4, 0.5) is 10.5 Å². The fourth-order valence-electron chi connectivity index (χ4n) is 1.28. The number of anilines is 1. The number of carbonyl (C=O) groups is 2. The number of amides is 3. The van der Waals surface area contributed by atoms with Gasteiger partial charge in [-0.2, -0.15) is 0 Å². The Balaban J connectivity index is 2.66. The summed E-state index contributed by atoms with van der Waals surface area (Å²) in [5, 5.41) is 1.91. The zero-order valence-electron chi connectivity index (χ0n) is 9.74. The van der Waals surface area contributed by atoms with E-state index in [0.717, 1.165) is 11.1 Å². The number of nitrogens with one attached hydrogen (secondary N) is 1. The number of urea groups is 1. The van der Waals surface area contributed by atoms with Crippen molar-refractivity contribution in [3.63, 3.8) is 0 Å². The van der Waals surface area contributed by atoms with E-state index in [1.807, 2.05) is 19.2 Å². The molecule has 0 unspecified atom stereocenters. The number of aryl methyl sites for hydroxylation is 2. The SMILES string of the molecule is Cc1cc(OCC(=O)NC(N)=O)c(C)cc1N. The standard InChI is InChI=1S/C11H15N3O3/c1-6-4-9(7(2)3-8(6)12)17-5-10(15)14-11(13)16/h3-4H,5,12H2,1-2H3,(H3,13,14,15,16). The summed E-state index contributed by atoms with van der Waals surface area (Å²) < 4.78 is 5.26. The van der Waals surface area contributed by atoms with Gasteiger partial charge < -0.3 is 16.2 Å². The van der Waals surface area contributed by atoms with Crippen molar-refractivity contribution in [3.05, 3.63) is 23.3 Å². The van der Waals surface area contributed by atoms with Crippen LogP contribution in [0.25, 0.3) is 0 Å². The summed E-state index contributed by atoms with van der Waals surface area (Å²) in [5.74, 6) is -0.0392. The van der Waals surface area contributed by atoms with E-state index < -0.39 is 11.9 Å². The highest BCUT2D eigenvalue weighted by atomic mass is 16.5. The predicted octanol–water partition coefficient (Wildman–Crippen LogP) is 0.459. The lowest BCUT2D eigenvalue weighted by Gasteiger charge is -2.10. The van der Waals surface area contributed by atoms with E-state index in [-0.39, 0.29) is 6.61 Å². The molecular weight excluding hydrogens is 222 g/mol. The van der Waals surface area contributed by atoms with Gasteiger partial charge in [-0.3, -0.25) is 10.1 Å².